The van der Waals surface area contributed by atoms with Crippen molar-refractivity contribution in [3.8, 4) is 0 Å². The number of hydrogen-bond donors (Lipinski definition) is 1. The SMILES string of the molecule is CC(=O)c1cccc(S(=O)(=O)N2CCN(C(C)C(=O)Nc3ncccn3)CC2)c1. The Balaban J connectivity index is 1.63. The molecule has 0 radical (unpaired) electrons. The van der Waals surface area contributed by atoms with Gasteiger partial charge in [0.25, 0.3) is 0 Å². The summed E-state index contributed by atoms with van der Waals surface area (Å²) in [7, 11) is -3.70. The predicted octanol–water partition coefficient (Wildman–Crippen LogP) is 1.01. The van der Waals surface area contributed by atoms with E-state index in [2.05, 4.69) is 15.3 Å². The average Bonchev–Trinajstić information content (AvgIpc) is 2.74. The Bertz CT molecular complexity index is 989. The van der Waals surface area contributed by atoms with E-state index in [-0.39, 0.29) is 35.6 Å². The van der Waals surface area contributed by atoms with Gasteiger partial charge >= 0.3 is 0 Å². The van der Waals surface area contributed by atoms with E-state index in [1.165, 1.54) is 35.8 Å². The fraction of sp³-hybridized carbons (Fsp3) is 0.368. The number of rotatable bonds is 6. The lowest BCUT2D eigenvalue weighted by Gasteiger charge is -2.36. The molecule has 2 heterocycles. The van der Waals surface area contributed by atoms with Crippen LogP contribution in [0.4, 0.5) is 5.95 Å². The number of ketones is 1. The Labute approximate surface area is 169 Å². The molecule has 29 heavy (non-hydrogen) atoms. The summed E-state index contributed by atoms with van der Waals surface area (Å²) in [6.07, 6.45) is 3.08. The number of carbonyl (C=O) groups is 2. The van der Waals surface area contributed by atoms with Crippen molar-refractivity contribution >= 4 is 27.7 Å². The zero-order valence-electron chi connectivity index (χ0n) is 16.3. The van der Waals surface area contributed by atoms with Crippen LogP contribution < -0.4 is 5.32 Å². The zero-order chi connectivity index (χ0) is 21.0. The fourth-order valence-corrected chi connectivity index (χ4v) is 4.57. The molecule has 1 saturated heterocycles. The molecule has 0 spiro atoms. The maximum absolute atomic E-state index is 12.9. The Kier molecular flexibility index (Phi) is 6.36. The largest absolute Gasteiger partial charge is 0.295 e. The molecule has 1 aromatic heterocycles. The van der Waals surface area contributed by atoms with Gasteiger partial charge in [0, 0.05) is 44.1 Å². The third kappa shape index (κ3) is 4.84. The number of sulfonamides is 1. The second-order valence-corrected chi connectivity index (χ2v) is 8.70. The van der Waals surface area contributed by atoms with E-state index >= 15 is 0 Å². The number of Topliss-reactive ketones (excluding diaryl/α,β-unsaturated/α-hetero) is 1. The molecule has 1 amide bonds. The van der Waals surface area contributed by atoms with Gasteiger partial charge in [-0.05, 0) is 32.0 Å². The number of aromatic nitrogens is 2. The van der Waals surface area contributed by atoms with Gasteiger partial charge < -0.3 is 0 Å². The van der Waals surface area contributed by atoms with Gasteiger partial charge in [0.2, 0.25) is 21.9 Å². The standard InChI is InChI=1S/C19H23N5O4S/c1-14(18(26)22-19-20-7-4-8-21-19)23-9-11-24(12-10-23)29(27,28)17-6-3-5-16(13-17)15(2)25/h3-8,13-14H,9-12H2,1-2H3,(H,20,21,22,26). The van der Waals surface area contributed by atoms with Crippen molar-refractivity contribution in [1.29, 1.82) is 0 Å². The number of nitrogens with one attached hydrogen (secondary N) is 1. The van der Waals surface area contributed by atoms with Crippen LogP contribution >= 0.6 is 0 Å². The van der Waals surface area contributed by atoms with Gasteiger partial charge in [-0.25, -0.2) is 18.4 Å². The minimum Gasteiger partial charge on any atom is -0.295 e. The lowest BCUT2D eigenvalue weighted by Crippen LogP contribution is -2.54. The number of carbonyl (C=O) groups excluding carboxylic acids is 2. The van der Waals surface area contributed by atoms with Crippen LogP contribution in [0.15, 0.2) is 47.6 Å². The summed E-state index contributed by atoms with van der Waals surface area (Å²) < 4.78 is 27.2. The van der Waals surface area contributed by atoms with Gasteiger partial charge in [0.1, 0.15) is 0 Å². The molecule has 0 aliphatic carbocycles. The topological polar surface area (TPSA) is 113 Å². The van der Waals surface area contributed by atoms with E-state index in [0.717, 1.165) is 0 Å². The number of amides is 1. The van der Waals surface area contributed by atoms with E-state index in [0.29, 0.717) is 18.7 Å². The van der Waals surface area contributed by atoms with Crippen LogP contribution in [0.25, 0.3) is 0 Å². The van der Waals surface area contributed by atoms with Crippen LogP contribution in [-0.2, 0) is 14.8 Å². The van der Waals surface area contributed by atoms with Crippen LogP contribution in [-0.4, -0.2) is 71.5 Å². The maximum atomic E-state index is 12.9. The number of hydrogen-bond acceptors (Lipinski definition) is 7. The molecule has 154 valence electrons. The summed E-state index contributed by atoms with van der Waals surface area (Å²) in [4.78, 5) is 33.9. The Hall–Kier alpha value is -2.69. The van der Waals surface area contributed by atoms with Gasteiger partial charge in [-0.2, -0.15) is 4.31 Å². The molecule has 1 unspecified atom stereocenters. The van der Waals surface area contributed by atoms with Gasteiger partial charge in [-0.15, -0.1) is 0 Å². The van der Waals surface area contributed by atoms with Crippen molar-refractivity contribution in [3.05, 3.63) is 48.3 Å². The molecule has 2 aromatic rings. The molecule has 1 atom stereocenters. The first-order valence-corrected chi connectivity index (χ1v) is 10.7. The highest BCUT2D eigenvalue weighted by Gasteiger charge is 2.32. The number of anilines is 1. The second kappa shape index (κ2) is 8.76. The van der Waals surface area contributed by atoms with Gasteiger partial charge in [0.05, 0.1) is 10.9 Å². The van der Waals surface area contributed by atoms with Crippen molar-refractivity contribution in [1.82, 2.24) is 19.2 Å². The number of benzene rings is 1. The van der Waals surface area contributed by atoms with Crippen molar-refractivity contribution in [2.45, 2.75) is 24.8 Å². The number of piperazine rings is 1. The second-order valence-electron chi connectivity index (χ2n) is 6.76. The first-order chi connectivity index (χ1) is 13.8. The maximum Gasteiger partial charge on any atom is 0.243 e. The Morgan fingerprint density at radius 3 is 2.34 bits per heavy atom. The molecule has 9 nitrogen and oxygen atoms in total. The molecule has 1 N–H and O–H groups in total. The van der Waals surface area contributed by atoms with Gasteiger partial charge in [-0.3, -0.25) is 19.8 Å². The molecule has 1 aliphatic rings. The quantitative estimate of drug-likeness (QED) is 0.698. The minimum atomic E-state index is -3.70. The minimum absolute atomic E-state index is 0.102. The summed E-state index contributed by atoms with van der Waals surface area (Å²) in [5, 5.41) is 2.66. The smallest absolute Gasteiger partial charge is 0.243 e. The van der Waals surface area contributed by atoms with E-state index in [4.69, 9.17) is 0 Å². The summed E-state index contributed by atoms with van der Waals surface area (Å²) in [5.74, 6) is -0.202. The van der Waals surface area contributed by atoms with E-state index in [9.17, 15) is 18.0 Å². The molecule has 1 aromatic carbocycles. The molecule has 1 aliphatic heterocycles. The lowest BCUT2D eigenvalue weighted by molar-refractivity contribution is -0.121. The normalized spacial score (nSPS) is 16.9. The van der Waals surface area contributed by atoms with Crippen molar-refractivity contribution in [3.63, 3.8) is 0 Å². The Morgan fingerprint density at radius 2 is 1.72 bits per heavy atom. The van der Waals surface area contributed by atoms with E-state index in [1.54, 1.807) is 25.1 Å². The third-order valence-corrected chi connectivity index (χ3v) is 6.77. The fourth-order valence-electron chi connectivity index (χ4n) is 3.10. The summed E-state index contributed by atoms with van der Waals surface area (Å²) in [6, 6.07) is 7.26. The molecule has 3 rings (SSSR count). The highest BCUT2D eigenvalue weighted by molar-refractivity contribution is 7.89. The van der Waals surface area contributed by atoms with Crippen molar-refractivity contribution in [2.24, 2.45) is 0 Å². The van der Waals surface area contributed by atoms with Crippen LogP contribution in [0, 0.1) is 0 Å². The van der Waals surface area contributed by atoms with Crippen molar-refractivity contribution < 1.29 is 18.0 Å². The van der Waals surface area contributed by atoms with E-state index in [1.807, 2.05) is 4.90 Å². The van der Waals surface area contributed by atoms with Crippen LogP contribution in [0.1, 0.15) is 24.2 Å². The van der Waals surface area contributed by atoms with E-state index < -0.39 is 16.1 Å². The molecule has 10 heteroatoms. The molecule has 1 fully saturated rings. The summed E-state index contributed by atoms with van der Waals surface area (Å²) in [5.41, 5.74) is 0.359. The van der Waals surface area contributed by atoms with Crippen LogP contribution in [0.3, 0.4) is 0 Å². The first kappa shape index (κ1) is 21.0. The average molecular weight is 417 g/mol. The van der Waals surface area contributed by atoms with Crippen LogP contribution in [0.5, 0.6) is 0 Å². The lowest BCUT2D eigenvalue weighted by atomic mass is 10.2. The first-order valence-electron chi connectivity index (χ1n) is 9.22. The number of nitrogens with zero attached hydrogens (tertiary/aromatic N) is 4. The summed E-state index contributed by atoms with van der Waals surface area (Å²) >= 11 is 0. The van der Waals surface area contributed by atoms with Crippen molar-refractivity contribution in [2.75, 3.05) is 31.5 Å². The summed E-state index contributed by atoms with van der Waals surface area (Å²) in [6.45, 7) is 4.50. The zero-order valence-corrected chi connectivity index (χ0v) is 17.1. The monoisotopic (exact) mass is 417 g/mol. The molecular formula is C19H23N5O4S. The van der Waals surface area contributed by atoms with Gasteiger partial charge in [-0.1, -0.05) is 12.1 Å². The highest BCUT2D eigenvalue weighted by atomic mass is 32.2. The molecule has 0 bridgehead atoms. The Morgan fingerprint density at radius 1 is 1.07 bits per heavy atom. The van der Waals surface area contributed by atoms with Crippen LogP contribution in [0.2, 0.25) is 0 Å². The molecular weight excluding hydrogens is 394 g/mol. The third-order valence-electron chi connectivity index (χ3n) is 4.88. The van der Waals surface area contributed by atoms with Gasteiger partial charge in [0.15, 0.2) is 5.78 Å². The molecule has 0 saturated carbocycles. The predicted molar refractivity (Wildman–Crippen MR) is 107 cm³/mol. The highest BCUT2D eigenvalue weighted by Crippen LogP contribution is 2.20.